The van der Waals surface area contributed by atoms with Crippen molar-refractivity contribution in [2.75, 3.05) is 51.7 Å². The molecule has 1 saturated heterocycles. The predicted molar refractivity (Wildman–Crippen MR) is 85.4 cm³/mol. The van der Waals surface area contributed by atoms with E-state index < -0.39 is 4.92 Å². The smallest absolute Gasteiger partial charge is 0.270 e. The fourth-order valence-electron chi connectivity index (χ4n) is 2.64. The molecule has 0 bridgehead atoms. The summed E-state index contributed by atoms with van der Waals surface area (Å²) in [4.78, 5) is 29.1. The van der Waals surface area contributed by atoms with E-state index in [4.69, 9.17) is 0 Å². The Morgan fingerprint density at radius 2 is 1.91 bits per heavy atom. The fraction of sp³-hybridized carbons (Fsp3) is 0.533. The molecule has 2 rings (SSSR count). The molecular weight excluding hydrogens is 284 g/mol. The number of nitro groups is 1. The molecule has 1 aliphatic heterocycles. The molecule has 1 fully saturated rings. The lowest BCUT2D eigenvalue weighted by atomic mass is 10.1. The van der Waals surface area contributed by atoms with Crippen molar-refractivity contribution in [3.63, 3.8) is 0 Å². The third-order valence-electron chi connectivity index (χ3n) is 4.01. The highest BCUT2D eigenvalue weighted by molar-refractivity contribution is 6.00. The lowest BCUT2D eigenvalue weighted by Gasteiger charge is -2.34. The summed E-state index contributed by atoms with van der Waals surface area (Å²) in [5.74, 6) is -0.136. The maximum Gasteiger partial charge on any atom is 0.270 e. The van der Waals surface area contributed by atoms with E-state index in [9.17, 15) is 14.9 Å². The monoisotopic (exact) mass is 306 g/mol. The predicted octanol–water partition coefficient (Wildman–Crippen LogP) is 1.44. The van der Waals surface area contributed by atoms with Gasteiger partial charge in [-0.15, -0.1) is 0 Å². The molecule has 0 aliphatic carbocycles. The van der Waals surface area contributed by atoms with Gasteiger partial charge in [-0.05, 0) is 12.6 Å². The molecule has 0 radical (unpaired) electrons. The van der Waals surface area contributed by atoms with Crippen molar-refractivity contribution < 1.29 is 9.72 Å². The van der Waals surface area contributed by atoms with Crippen LogP contribution in [0.25, 0.3) is 0 Å². The summed E-state index contributed by atoms with van der Waals surface area (Å²) >= 11 is 0. The topological polar surface area (TPSA) is 69.9 Å². The van der Waals surface area contributed by atoms with Crippen molar-refractivity contribution >= 4 is 17.3 Å². The number of carbonyl (C=O) groups is 1. The van der Waals surface area contributed by atoms with Crippen LogP contribution < -0.4 is 4.90 Å². The average molecular weight is 306 g/mol. The van der Waals surface area contributed by atoms with E-state index >= 15 is 0 Å². The van der Waals surface area contributed by atoms with Gasteiger partial charge in [0.25, 0.3) is 11.6 Å². The Labute approximate surface area is 130 Å². The molecule has 1 heterocycles. The normalized spacial score (nSPS) is 15.7. The summed E-state index contributed by atoms with van der Waals surface area (Å²) in [6.45, 7) is 6.07. The van der Waals surface area contributed by atoms with Gasteiger partial charge in [-0.1, -0.05) is 6.92 Å². The molecule has 0 aromatic heterocycles. The fourth-order valence-corrected chi connectivity index (χ4v) is 2.64. The van der Waals surface area contributed by atoms with Gasteiger partial charge in [-0.2, -0.15) is 0 Å². The molecule has 1 aromatic rings. The largest absolute Gasteiger partial charge is 0.377 e. The van der Waals surface area contributed by atoms with E-state index in [1.807, 2.05) is 14.1 Å². The Bertz CT molecular complexity index is 566. The van der Waals surface area contributed by atoms with Gasteiger partial charge in [0.05, 0.1) is 10.5 Å². The molecular formula is C15H22N4O3. The van der Waals surface area contributed by atoms with Gasteiger partial charge >= 0.3 is 0 Å². The molecule has 22 heavy (non-hydrogen) atoms. The molecule has 0 unspecified atom stereocenters. The third-order valence-corrected chi connectivity index (χ3v) is 4.01. The first-order valence-corrected chi connectivity index (χ1v) is 7.41. The van der Waals surface area contributed by atoms with E-state index in [1.54, 1.807) is 15.9 Å². The number of amides is 1. The van der Waals surface area contributed by atoms with Crippen LogP contribution in [0, 0.1) is 10.1 Å². The second-order valence-corrected chi connectivity index (χ2v) is 5.58. The SMILES string of the molecule is CCN1CCN(C(=O)c2cc([N+](=O)[O-])ccc2N(C)C)CC1. The maximum absolute atomic E-state index is 12.8. The minimum absolute atomic E-state index is 0.0545. The van der Waals surface area contributed by atoms with Crippen LogP contribution in [0.1, 0.15) is 17.3 Å². The molecule has 7 heteroatoms. The van der Waals surface area contributed by atoms with Gasteiger partial charge in [-0.3, -0.25) is 14.9 Å². The number of benzene rings is 1. The average Bonchev–Trinajstić information content (AvgIpc) is 2.53. The molecule has 1 aromatic carbocycles. The number of nitrogens with zero attached hydrogens (tertiary/aromatic N) is 4. The number of carbonyl (C=O) groups excluding carboxylic acids is 1. The molecule has 1 amide bonds. The molecule has 120 valence electrons. The Kier molecular flexibility index (Phi) is 4.97. The van der Waals surface area contributed by atoms with Gasteiger partial charge in [0.2, 0.25) is 0 Å². The second kappa shape index (κ2) is 6.74. The van der Waals surface area contributed by atoms with Crippen LogP contribution in [0.15, 0.2) is 18.2 Å². The Balaban J connectivity index is 2.27. The zero-order valence-corrected chi connectivity index (χ0v) is 13.3. The zero-order chi connectivity index (χ0) is 16.3. The minimum atomic E-state index is -0.467. The van der Waals surface area contributed by atoms with E-state index in [-0.39, 0.29) is 11.6 Å². The Hall–Kier alpha value is -2.15. The quantitative estimate of drug-likeness (QED) is 0.622. The number of hydrogen-bond donors (Lipinski definition) is 0. The summed E-state index contributed by atoms with van der Waals surface area (Å²) in [7, 11) is 3.65. The van der Waals surface area contributed by atoms with Crippen LogP contribution in [0.2, 0.25) is 0 Å². The first-order valence-electron chi connectivity index (χ1n) is 7.41. The zero-order valence-electron chi connectivity index (χ0n) is 13.3. The molecule has 0 atom stereocenters. The maximum atomic E-state index is 12.8. The van der Waals surface area contributed by atoms with Crippen LogP contribution in [0.3, 0.4) is 0 Å². The van der Waals surface area contributed by atoms with Gasteiger partial charge < -0.3 is 14.7 Å². The van der Waals surface area contributed by atoms with Crippen molar-refractivity contribution in [1.29, 1.82) is 0 Å². The number of hydrogen-bond acceptors (Lipinski definition) is 5. The lowest BCUT2D eigenvalue weighted by Crippen LogP contribution is -2.48. The summed E-state index contributed by atoms with van der Waals surface area (Å²) in [6, 6.07) is 4.44. The summed E-state index contributed by atoms with van der Waals surface area (Å²) < 4.78 is 0. The summed E-state index contributed by atoms with van der Waals surface area (Å²) in [5, 5.41) is 11.0. The third kappa shape index (κ3) is 3.36. The molecule has 0 saturated carbocycles. The number of non-ortho nitro benzene ring substituents is 1. The highest BCUT2D eigenvalue weighted by atomic mass is 16.6. The first-order chi connectivity index (χ1) is 10.4. The highest BCUT2D eigenvalue weighted by Crippen LogP contribution is 2.26. The highest BCUT2D eigenvalue weighted by Gasteiger charge is 2.25. The van der Waals surface area contributed by atoms with Crippen LogP contribution >= 0.6 is 0 Å². The van der Waals surface area contributed by atoms with Crippen molar-refractivity contribution in [3.05, 3.63) is 33.9 Å². The number of anilines is 1. The minimum Gasteiger partial charge on any atom is -0.377 e. The molecule has 0 N–H and O–H groups in total. The first kappa shape index (κ1) is 16.2. The van der Waals surface area contributed by atoms with E-state index in [1.165, 1.54) is 12.1 Å². The van der Waals surface area contributed by atoms with Gasteiger partial charge in [0.15, 0.2) is 0 Å². The molecule has 7 nitrogen and oxygen atoms in total. The Morgan fingerprint density at radius 1 is 1.27 bits per heavy atom. The van der Waals surface area contributed by atoms with Gasteiger partial charge in [0.1, 0.15) is 0 Å². The molecule has 1 aliphatic rings. The second-order valence-electron chi connectivity index (χ2n) is 5.58. The van der Waals surface area contributed by atoms with Crippen molar-refractivity contribution in [1.82, 2.24) is 9.80 Å². The van der Waals surface area contributed by atoms with E-state index in [0.29, 0.717) is 24.3 Å². The van der Waals surface area contributed by atoms with Crippen molar-refractivity contribution in [3.8, 4) is 0 Å². The van der Waals surface area contributed by atoms with Gasteiger partial charge in [0, 0.05) is 58.1 Å². The van der Waals surface area contributed by atoms with Crippen molar-refractivity contribution in [2.45, 2.75) is 6.92 Å². The number of nitro benzene ring substituents is 1. The van der Waals surface area contributed by atoms with E-state index in [0.717, 1.165) is 19.6 Å². The standard InChI is InChI=1S/C15H22N4O3/c1-4-17-7-9-18(10-8-17)15(20)13-11-12(19(21)22)5-6-14(13)16(2)3/h5-6,11H,4,7-10H2,1-3H3. The Morgan fingerprint density at radius 3 is 2.41 bits per heavy atom. The number of piperazine rings is 1. The summed E-state index contributed by atoms with van der Waals surface area (Å²) in [6.07, 6.45) is 0. The number of likely N-dealkylation sites (N-methyl/N-ethyl adjacent to an activating group) is 1. The van der Waals surface area contributed by atoms with Crippen molar-refractivity contribution in [2.24, 2.45) is 0 Å². The van der Waals surface area contributed by atoms with Crippen LogP contribution in [-0.4, -0.2) is 67.4 Å². The van der Waals surface area contributed by atoms with Crippen LogP contribution in [0.5, 0.6) is 0 Å². The number of rotatable bonds is 4. The van der Waals surface area contributed by atoms with E-state index in [2.05, 4.69) is 11.8 Å². The van der Waals surface area contributed by atoms with Crippen LogP contribution in [-0.2, 0) is 0 Å². The molecule has 0 spiro atoms. The van der Waals surface area contributed by atoms with Crippen LogP contribution in [0.4, 0.5) is 11.4 Å². The lowest BCUT2D eigenvalue weighted by molar-refractivity contribution is -0.384. The van der Waals surface area contributed by atoms with Gasteiger partial charge in [-0.25, -0.2) is 0 Å². The summed E-state index contributed by atoms with van der Waals surface area (Å²) in [5.41, 5.74) is 1.04.